The fourth-order valence-corrected chi connectivity index (χ4v) is 4.52. The molecule has 1 aliphatic rings. The molecule has 1 N–H and O–H groups in total. The molecule has 4 rings (SSSR count). The number of benzene rings is 3. The summed E-state index contributed by atoms with van der Waals surface area (Å²) in [6.07, 6.45) is -0.132. The molecule has 0 aliphatic carbocycles. The minimum atomic E-state index is -3.61. The molecule has 31 heavy (non-hydrogen) atoms. The summed E-state index contributed by atoms with van der Waals surface area (Å²) in [5, 5.41) is 4.90. The summed E-state index contributed by atoms with van der Waals surface area (Å²) >= 11 is 0. The molecule has 0 fully saturated rings. The fraction of sp³-hybridized carbons (Fsp3) is 0.261. The molecule has 0 spiro atoms. The van der Waals surface area contributed by atoms with Gasteiger partial charge < -0.3 is 19.5 Å². The van der Waals surface area contributed by atoms with Crippen LogP contribution in [0, 0.1) is 0 Å². The molecule has 162 valence electrons. The topological polar surface area (TPSA) is 90.9 Å². The molecule has 0 saturated heterocycles. The number of hydrogen-bond donors (Lipinski definition) is 1. The Hall–Kier alpha value is -3.26. The van der Waals surface area contributed by atoms with E-state index in [1.54, 1.807) is 6.07 Å². The zero-order valence-electron chi connectivity index (χ0n) is 16.9. The minimum Gasteiger partial charge on any atom is -0.492 e. The van der Waals surface area contributed by atoms with Crippen molar-refractivity contribution in [1.82, 2.24) is 5.32 Å². The van der Waals surface area contributed by atoms with Crippen molar-refractivity contribution in [2.45, 2.75) is 11.3 Å². The first kappa shape index (κ1) is 21.0. The third-order valence-corrected chi connectivity index (χ3v) is 6.60. The van der Waals surface area contributed by atoms with Crippen LogP contribution in [0.4, 0.5) is 0 Å². The second-order valence-corrected chi connectivity index (χ2v) is 9.19. The molecular formula is C23H23NO6S. The first-order valence-corrected chi connectivity index (χ1v) is 11.7. The number of hydrogen-bond acceptors (Lipinski definition) is 6. The van der Waals surface area contributed by atoms with E-state index in [-0.39, 0.29) is 29.5 Å². The molecule has 0 unspecified atom stereocenters. The van der Waals surface area contributed by atoms with Crippen LogP contribution in [0.1, 0.15) is 6.42 Å². The van der Waals surface area contributed by atoms with E-state index in [0.717, 1.165) is 10.8 Å². The van der Waals surface area contributed by atoms with Crippen LogP contribution in [0.25, 0.3) is 10.8 Å². The van der Waals surface area contributed by atoms with Gasteiger partial charge >= 0.3 is 0 Å². The Morgan fingerprint density at radius 1 is 0.935 bits per heavy atom. The number of fused-ring (bicyclic) bond motifs is 2. The highest BCUT2D eigenvalue weighted by Gasteiger charge is 2.20. The van der Waals surface area contributed by atoms with E-state index in [2.05, 4.69) is 5.32 Å². The predicted molar refractivity (Wildman–Crippen MR) is 117 cm³/mol. The lowest BCUT2D eigenvalue weighted by atomic mass is 10.1. The quantitative estimate of drug-likeness (QED) is 0.541. The Morgan fingerprint density at radius 3 is 2.55 bits per heavy atom. The van der Waals surface area contributed by atoms with E-state index in [0.29, 0.717) is 37.1 Å². The molecule has 3 aromatic rings. The van der Waals surface area contributed by atoms with Crippen LogP contribution in [0.15, 0.2) is 65.6 Å². The highest BCUT2D eigenvalue weighted by atomic mass is 32.2. The Bertz CT molecular complexity index is 1190. The summed E-state index contributed by atoms with van der Waals surface area (Å²) in [5.74, 6) is 1.01. The summed E-state index contributed by atoms with van der Waals surface area (Å²) < 4.78 is 41.6. The Morgan fingerprint density at radius 2 is 1.71 bits per heavy atom. The second kappa shape index (κ2) is 9.26. The molecule has 8 heteroatoms. The van der Waals surface area contributed by atoms with Gasteiger partial charge in [0.2, 0.25) is 5.91 Å². The van der Waals surface area contributed by atoms with Crippen molar-refractivity contribution in [3.63, 3.8) is 0 Å². The average molecular weight is 442 g/mol. The van der Waals surface area contributed by atoms with Gasteiger partial charge in [0.1, 0.15) is 25.6 Å². The van der Waals surface area contributed by atoms with Crippen LogP contribution in [-0.4, -0.2) is 46.4 Å². The van der Waals surface area contributed by atoms with Gasteiger partial charge in [-0.3, -0.25) is 4.79 Å². The Kier molecular flexibility index (Phi) is 6.27. The molecule has 1 heterocycles. The van der Waals surface area contributed by atoms with Gasteiger partial charge in [-0.2, -0.15) is 0 Å². The second-order valence-electron chi connectivity index (χ2n) is 7.08. The number of nitrogens with one attached hydrogen (secondary N) is 1. The lowest BCUT2D eigenvalue weighted by Gasteiger charge is -2.18. The first-order valence-electron chi connectivity index (χ1n) is 10.0. The zero-order chi connectivity index (χ0) is 21.7. The van der Waals surface area contributed by atoms with Gasteiger partial charge in [-0.15, -0.1) is 0 Å². The highest BCUT2D eigenvalue weighted by molar-refractivity contribution is 7.91. The molecule has 0 aromatic heterocycles. The summed E-state index contributed by atoms with van der Waals surface area (Å²) in [4.78, 5) is 12.2. The molecule has 1 aliphatic heterocycles. The SMILES string of the molecule is O=C(CCS(=O)(=O)c1ccc2c(c1)OCCO2)NCCOc1ccc2ccccc2c1. The number of carbonyl (C=O) groups is 1. The molecule has 0 radical (unpaired) electrons. The van der Waals surface area contributed by atoms with E-state index in [9.17, 15) is 13.2 Å². The van der Waals surface area contributed by atoms with Crippen LogP contribution < -0.4 is 19.5 Å². The molecular weight excluding hydrogens is 418 g/mol. The third-order valence-electron chi connectivity index (χ3n) is 4.88. The molecule has 0 atom stereocenters. The van der Waals surface area contributed by atoms with Gasteiger partial charge in [0.05, 0.1) is 17.2 Å². The highest BCUT2D eigenvalue weighted by Crippen LogP contribution is 2.32. The van der Waals surface area contributed by atoms with Crippen molar-refractivity contribution >= 4 is 26.5 Å². The summed E-state index contributed by atoms with van der Waals surface area (Å²) in [5.41, 5.74) is 0. The van der Waals surface area contributed by atoms with Crippen LogP contribution in [0.2, 0.25) is 0 Å². The van der Waals surface area contributed by atoms with Crippen molar-refractivity contribution in [3.05, 3.63) is 60.7 Å². The zero-order valence-corrected chi connectivity index (χ0v) is 17.7. The molecule has 7 nitrogen and oxygen atoms in total. The van der Waals surface area contributed by atoms with E-state index >= 15 is 0 Å². The van der Waals surface area contributed by atoms with Crippen molar-refractivity contribution in [1.29, 1.82) is 0 Å². The monoisotopic (exact) mass is 441 g/mol. The van der Waals surface area contributed by atoms with Gasteiger partial charge in [0.15, 0.2) is 21.3 Å². The number of amides is 1. The van der Waals surface area contributed by atoms with Crippen molar-refractivity contribution in [2.24, 2.45) is 0 Å². The van der Waals surface area contributed by atoms with Crippen molar-refractivity contribution < 1.29 is 27.4 Å². The average Bonchev–Trinajstić information content (AvgIpc) is 2.80. The maximum Gasteiger partial charge on any atom is 0.221 e. The normalized spacial score (nSPS) is 13.0. The van der Waals surface area contributed by atoms with Crippen LogP contribution >= 0.6 is 0 Å². The Labute approximate surface area is 180 Å². The first-order chi connectivity index (χ1) is 15.0. The van der Waals surface area contributed by atoms with Gasteiger partial charge in [-0.1, -0.05) is 30.3 Å². The van der Waals surface area contributed by atoms with Crippen LogP contribution in [-0.2, 0) is 14.6 Å². The number of sulfone groups is 1. The minimum absolute atomic E-state index is 0.115. The number of rotatable bonds is 8. The van der Waals surface area contributed by atoms with Crippen LogP contribution in [0.5, 0.6) is 17.2 Å². The maximum absolute atomic E-state index is 12.5. The lowest BCUT2D eigenvalue weighted by molar-refractivity contribution is -0.120. The molecule has 0 saturated carbocycles. The summed E-state index contributed by atoms with van der Waals surface area (Å²) in [6, 6.07) is 18.3. The smallest absolute Gasteiger partial charge is 0.221 e. The molecule has 0 bridgehead atoms. The summed E-state index contributed by atoms with van der Waals surface area (Å²) in [7, 11) is -3.61. The number of carbonyl (C=O) groups excluding carboxylic acids is 1. The van der Waals surface area contributed by atoms with Crippen molar-refractivity contribution in [3.8, 4) is 17.2 Å². The van der Waals surface area contributed by atoms with E-state index in [1.165, 1.54) is 12.1 Å². The lowest BCUT2D eigenvalue weighted by Crippen LogP contribution is -2.29. The number of ether oxygens (including phenoxy) is 3. The van der Waals surface area contributed by atoms with Gasteiger partial charge in [-0.25, -0.2) is 8.42 Å². The largest absolute Gasteiger partial charge is 0.492 e. The maximum atomic E-state index is 12.5. The van der Waals surface area contributed by atoms with E-state index in [1.807, 2.05) is 42.5 Å². The van der Waals surface area contributed by atoms with E-state index in [4.69, 9.17) is 14.2 Å². The van der Waals surface area contributed by atoms with Gasteiger partial charge in [0.25, 0.3) is 0 Å². The molecule has 3 aromatic carbocycles. The predicted octanol–water partition coefficient (Wildman–Crippen LogP) is 2.97. The third kappa shape index (κ3) is 5.27. The van der Waals surface area contributed by atoms with Gasteiger partial charge in [0, 0.05) is 12.5 Å². The van der Waals surface area contributed by atoms with Gasteiger partial charge in [-0.05, 0) is 35.0 Å². The van der Waals surface area contributed by atoms with E-state index < -0.39 is 9.84 Å². The molecule has 1 amide bonds. The van der Waals surface area contributed by atoms with Crippen molar-refractivity contribution in [2.75, 3.05) is 32.1 Å². The fourth-order valence-electron chi connectivity index (χ4n) is 3.27. The van der Waals surface area contributed by atoms with Crippen LogP contribution in [0.3, 0.4) is 0 Å². The Balaban J connectivity index is 1.23. The summed E-state index contributed by atoms with van der Waals surface area (Å²) in [6.45, 7) is 1.39. The standard InChI is InChI=1S/C23H23NO6S/c25-23(24-10-11-28-19-6-5-17-3-1-2-4-18(17)15-19)9-14-31(26,27)20-7-8-21-22(16-20)30-13-12-29-21/h1-8,15-16H,9-14H2,(H,24,25).